The Bertz CT molecular complexity index is 752. The second kappa shape index (κ2) is 5.11. The highest BCUT2D eigenvalue weighted by Gasteiger charge is 2.23. The van der Waals surface area contributed by atoms with Crippen LogP contribution >= 0.6 is 0 Å². The third-order valence-corrected chi connectivity index (χ3v) is 3.86. The Morgan fingerprint density at radius 2 is 1.18 bits per heavy atom. The van der Waals surface area contributed by atoms with Crippen LogP contribution in [0.1, 0.15) is 47.8 Å². The van der Waals surface area contributed by atoms with E-state index >= 15 is 0 Å². The van der Waals surface area contributed by atoms with Crippen LogP contribution in [0.3, 0.4) is 0 Å². The SMILES string of the molecule is O=C(O)c1ccc2c(c1)CCc1cc(C(=O)O)ccc1C2=O. The minimum absolute atomic E-state index is 0.142. The van der Waals surface area contributed by atoms with E-state index in [-0.39, 0.29) is 16.9 Å². The molecule has 3 rings (SSSR count). The molecule has 110 valence electrons. The molecule has 0 saturated carbocycles. The molecule has 0 unspecified atom stereocenters. The number of aryl methyl sites for hydroxylation is 2. The van der Waals surface area contributed by atoms with Crippen LogP contribution in [0, 0.1) is 0 Å². The van der Waals surface area contributed by atoms with Gasteiger partial charge < -0.3 is 10.2 Å². The van der Waals surface area contributed by atoms with E-state index in [4.69, 9.17) is 10.2 Å². The lowest BCUT2D eigenvalue weighted by Gasteiger charge is -2.06. The Hall–Kier alpha value is -2.95. The lowest BCUT2D eigenvalue weighted by atomic mass is 9.96. The zero-order valence-electron chi connectivity index (χ0n) is 11.5. The number of ketones is 1. The molecule has 0 radical (unpaired) electrons. The Morgan fingerprint density at radius 3 is 1.55 bits per heavy atom. The predicted octanol–water partition coefficient (Wildman–Crippen LogP) is 2.41. The summed E-state index contributed by atoms with van der Waals surface area (Å²) in [6.45, 7) is 0. The van der Waals surface area contributed by atoms with Crippen molar-refractivity contribution in [1.82, 2.24) is 0 Å². The normalized spacial score (nSPS) is 13.0. The van der Waals surface area contributed by atoms with Gasteiger partial charge in [0.05, 0.1) is 11.1 Å². The molecule has 22 heavy (non-hydrogen) atoms. The third-order valence-electron chi connectivity index (χ3n) is 3.86. The molecule has 2 aromatic rings. The minimum Gasteiger partial charge on any atom is -0.478 e. The van der Waals surface area contributed by atoms with Crippen molar-refractivity contribution in [2.45, 2.75) is 12.8 Å². The van der Waals surface area contributed by atoms with Crippen LogP contribution in [0.4, 0.5) is 0 Å². The van der Waals surface area contributed by atoms with Gasteiger partial charge in [-0.25, -0.2) is 9.59 Å². The maximum absolute atomic E-state index is 12.6. The molecule has 0 bridgehead atoms. The predicted molar refractivity (Wildman–Crippen MR) is 77.6 cm³/mol. The van der Waals surface area contributed by atoms with E-state index in [1.54, 1.807) is 0 Å². The van der Waals surface area contributed by atoms with Crippen LogP contribution in [0.5, 0.6) is 0 Å². The number of rotatable bonds is 2. The maximum atomic E-state index is 12.6. The summed E-state index contributed by atoms with van der Waals surface area (Å²) in [5.41, 5.74) is 2.60. The Morgan fingerprint density at radius 1 is 0.773 bits per heavy atom. The summed E-state index contributed by atoms with van der Waals surface area (Å²) in [5, 5.41) is 18.1. The highest BCUT2D eigenvalue weighted by molar-refractivity contribution is 6.12. The van der Waals surface area contributed by atoms with Crippen LogP contribution in [-0.2, 0) is 12.8 Å². The molecule has 0 heterocycles. The van der Waals surface area contributed by atoms with E-state index in [0.29, 0.717) is 35.1 Å². The highest BCUT2D eigenvalue weighted by atomic mass is 16.4. The van der Waals surface area contributed by atoms with E-state index in [0.717, 1.165) is 0 Å². The lowest BCUT2D eigenvalue weighted by Crippen LogP contribution is -2.07. The van der Waals surface area contributed by atoms with Gasteiger partial charge in [-0.15, -0.1) is 0 Å². The van der Waals surface area contributed by atoms with Gasteiger partial charge in [0.1, 0.15) is 0 Å². The average Bonchev–Trinajstić information content (AvgIpc) is 2.64. The fraction of sp³-hybridized carbons (Fsp3) is 0.118. The fourth-order valence-electron chi connectivity index (χ4n) is 2.72. The molecular weight excluding hydrogens is 284 g/mol. The van der Waals surface area contributed by atoms with E-state index < -0.39 is 11.9 Å². The number of carbonyl (C=O) groups is 3. The van der Waals surface area contributed by atoms with Gasteiger partial charge in [-0.05, 0) is 60.4 Å². The molecule has 5 heteroatoms. The second-order valence-electron chi connectivity index (χ2n) is 5.18. The van der Waals surface area contributed by atoms with Crippen LogP contribution < -0.4 is 0 Å². The molecule has 5 nitrogen and oxygen atoms in total. The molecule has 1 aliphatic rings. The first kappa shape index (κ1) is 14.0. The van der Waals surface area contributed by atoms with Crippen molar-refractivity contribution in [3.05, 3.63) is 69.8 Å². The van der Waals surface area contributed by atoms with Gasteiger partial charge in [-0.1, -0.05) is 0 Å². The molecule has 2 aromatic carbocycles. The first-order valence-corrected chi connectivity index (χ1v) is 6.74. The number of aromatic carboxylic acids is 2. The summed E-state index contributed by atoms with van der Waals surface area (Å²) in [7, 11) is 0. The number of carboxylic acids is 2. The first-order chi connectivity index (χ1) is 10.5. The minimum atomic E-state index is -1.04. The van der Waals surface area contributed by atoms with E-state index in [9.17, 15) is 14.4 Å². The zero-order valence-corrected chi connectivity index (χ0v) is 11.5. The molecular formula is C17H12O5. The number of carboxylic acid groups (broad SMARTS) is 2. The van der Waals surface area contributed by atoms with Crippen molar-refractivity contribution in [2.75, 3.05) is 0 Å². The van der Waals surface area contributed by atoms with Gasteiger partial charge in [-0.3, -0.25) is 4.79 Å². The van der Waals surface area contributed by atoms with Crippen molar-refractivity contribution in [2.24, 2.45) is 0 Å². The third kappa shape index (κ3) is 2.26. The van der Waals surface area contributed by atoms with Crippen LogP contribution in [0.25, 0.3) is 0 Å². The molecule has 0 aromatic heterocycles. The lowest BCUT2D eigenvalue weighted by molar-refractivity contribution is 0.0686. The molecule has 2 N–H and O–H groups in total. The van der Waals surface area contributed by atoms with E-state index in [1.807, 2.05) is 0 Å². The summed E-state index contributed by atoms with van der Waals surface area (Å²) in [6, 6.07) is 8.91. The first-order valence-electron chi connectivity index (χ1n) is 6.74. The van der Waals surface area contributed by atoms with Crippen molar-refractivity contribution in [1.29, 1.82) is 0 Å². The van der Waals surface area contributed by atoms with Gasteiger partial charge >= 0.3 is 11.9 Å². The molecule has 0 fully saturated rings. The summed E-state index contributed by atoms with van der Waals surface area (Å²) in [5.74, 6) is -2.27. The molecule has 1 aliphatic carbocycles. The van der Waals surface area contributed by atoms with Crippen LogP contribution in [0.2, 0.25) is 0 Å². The number of fused-ring (bicyclic) bond motifs is 2. The van der Waals surface area contributed by atoms with Crippen molar-refractivity contribution >= 4 is 17.7 Å². The van der Waals surface area contributed by atoms with Gasteiger partial charge in [0.15, 0.2) is 5.78 Å². The topological polar surface area (TPSA) is 91.7 Å². The molecule has 0 atom stereocenters. The van der Waals surface area contributed by atoms with Gasteiger partial charge in [0.25, 0.3) is 0 Å². The molecule has 0 saturated heterocycles. The van der Waals surface area contributed by atoms with Crippen LogP contribution in [-0.4, -0.2) is 27.9 Å². The van der Waals surface area contributed by atoms with Gasteiger partial charge in [0, 0.05) is 11.1 Å². The number of carbonyl (C=O) groups excluding carboxylic acids is 1. The zero-order chi connectivity index (χ0) is 15.9. The highest BCUT2D eigenvalue weighted by Crippen LogP contribution is 2.26. The summed E-state index contributed by atoms with van der Waals surface area (Å²) in [6.07, 6.45) is 0.997. The number of hydrogen-bond acceptors (Lipinski definition) is 3. The Labute approximate surface area is 125 Å². The molecule has 0 amide bonds. The van der Waals surface area contributed by atoms with Crippen molar-refractivity contribution < 1.29 is 24.6 Å². The summed E-state index contributed by atoms with van der Waals surface area (Å²) in [4.78, 5) is 34.7. The van der Waals surface area contributed by atoms with Gasteiger partial charge in [0.2, 0.25) is 0 Å². The number of hydrogen-bond donors (Lipinski definition) is 2. The quantitative estimate of drug-likeness (QED) is 0.888. The molecule has 0 aliphatic heterocycles. The second-order valence-corrected chi connectivity index (χ2v) is 5.18. The average molecular weight is 296 g/mol. The standard InChI is InChI=1S/C17H12O5/c18-15-13-5-3-11(16(19)20)7-9(13)1-2-10-8-12(17(21)22)4-6-14(10)15/h3-8H,1-2H2,(H,19,20)(H,21,22). The van der Waals surface area contributed by atoms with Crippen molar-refractivity contribution in [3.8, 4) is 0 Å². The van der Waals surface area contributed by atoms with Crippen molar-refractivity contribution in [3.63, 3.8) is 0 Å². The fourth-order valence-corrected chi connectivity index (χ4v) is 2.72. The van der Waals surface area contributed by atoms with Gasteiger partial charge in [-0.2, -0.15) is 0 Å². The maximum Gasteiger partial charge on any atom is 0.335 e. The Balaban J connectivity index is 2.10. The van der Waals surface area contributed by atoms with E-state index in [1.165, 1.54) is 36.4 Å². The van der Waals surface area contributed by atoms with E-state index in [2.05, 4.69) is 0 Å². The monoisotopic (exact) mass is 296 g/mol. The summed E-state index contributed by atoms with van der Waals surface area (Å²) >= 11 is 0. The number of benzene rings is 2. The Kier molecular flexibility index (Phi) is 3.25. The smallest absolute Gasteiger partial charge is 0.335 e. The summed E-state index contributed by atoms with van der Waals surface area (Å²) < 4.78 is 0. The molecule has 0 spiro atoms. The van der Waals surface area contributed by atoms with Crippen LogP contribution in [0.15, 0.2) is 36.4 Å². The largest absolute Gasteiger partial charge is 0.478 e.